The van der Waals surface area contributed by atoms with E-state index in [1.54, 1.807) is 7.11 Å². The van der Waals surface area contributed by atoms with Crippen molar-refractivity contribution in [1.29, 1.82) is 0 Å². The van der Waals surface area contributed by atoms with Gasteiger partial charge in [0.15, 0.2) is 0 Å². The number of methoxy groups -OCH3 is 1. The molecule has 19 heavy (non-hydrogen) atoms. The minimum Gasteiger partial charge on any atom is -0.377 e. The lowest BCUT2D eigenvalue weighted by molar-refractivity contribution is -0.107. The maximum absolute atomic E-state index is 11.7. The number of carbonyl (C=O) groups is 1. The normalized spacial score (nSPS) is 27.8. The van der Waals surface area contributed by atoms with E-state index in [0.29, 0.717) is 6.04 Å². The molecule has 0 aromatic rings. The van der Waals surface area contributed by atoms with E-state index >= 15 is 0 Å². The maximum Gasteiger partial charge on any atom is 0.214 e. The van der Waals surface area contributed by atoms with Crippen molar-refractivity contribution in [3.63, 3.8) is 0 Å². The van der Waals surface area contributed by atoms with Crippen LogP contribution in [0.15, 0.2) is 24.4 Å². The Morgan fingerprint density at radius 3 is 3.00 bits per heavy atom. The van der Waals surface area contributed by atoms with Crippen LogP contribution in [0.3, 0.4) is 0 Å². The third kappa shape index (κ3) is 2.90. The van der Waals surface area contributed by atoms with Crippen molar-refractivity contribution in [2.75, 3.05) is 13.7 Å². The first-order valence-corrected chi connectivity index (χ1v) is 7.72. The number of hydrogen-bond donors (Lipinski definition) is 0. The zero-order valence-electron chi connectivity index (χ0n) is 12.0. The number of hydrogen-bond acceptors (Lipinski definition) is 4. The Labute approximate surface area is 120 Å². The fraction of sp³-hybridized carbons (Fsp3) is 0.667. The van der Waals surface area contributed by atoms with E-state index in [2.05, 4.69) is 25.3 Å². The van der Waals surface area contributed by atoms with E-state index in [0.717, 1.165) is 25.8 Å². The van der Waals surface area contributed by atoms with Crippen LogP contribution in [0.1, 0.15) is 33.1 Å². The second kappa shape index (κ2) is 5.71. The van der Waals surface area contributed by atoms with Crippen LogP contribution in [-0.4, -0.2) is 40.6 Å². The zero-order valence-corrected chi connectivity index (χ0v) is 12.8. The molecular weight excluding hydrogens is 258 g/mol. The highest BCUT2D eigenvalue weighted by atomic mass is 32.2. The molecule has 3 nitrogen and oxygen atoms in total. The summed E-state index contributed by atoms with van der Waals surface area (Å²) in [5.41, 5.74) is 0.981. The molecule has 0 aromatic carbocycles. The quantitative estimate of drug-likeness (QED) is 0.725. The number of ether oxygens (including phenoxy) is 1. The van der Waals surface area contributed by atoms with E-state index in [4.69, 9.17) is 4.74 Å². The Bertz CT molecular complexity index is 403. The third-order valence-electron chi connectivity index (χ3n) is 4.15. The van der Waals surface area contributed by atoms with Crippen molar-refractivity contribution < 1.29 is 9.53 Å². The monoisotopic (exact) mass is 281 g/mol. The smallest absolute Gasteiger partial charge is 0.214 e. The Morgan fingerprint density at radius 1 is 1.63 bits per heavy atom. The van der Waals surface area contributed by atoms with Crippen LogP contribution in [0.5, 0.6) is 0 Å². The molecular formula is C15H23NO2S. The topological polar surface area (TPSA) is 29.5 Å². The molecule has 0 bridgehead atoms. The average molecular weight is 281 g/mol. The van der Waals surface area contributed by atoms with Crippen LogP contribution in [0.4, 0.5) is 0 Å². The Hall–Kier alpha value is -0.740. The summed E-state index contributed by atoms with van der Waals surface area (Å²) in [4.78, 5) is 14.1. The van der Waals surface area contributed by atoms with Crippen LogP contribution >= 0.6 is 11.8 Å². The van der Waals surface area contributed by atoms with Gasteiger partial charge in [0.25, 0.3) is 0 Å². The van der Waals surface area contributed by atoms with Crippen LogP contribution in [0, 0.1) is 0 Å². The van der Waals surface area contributed by atoms with E-state index in [1.165, 1.54) is 17.5 Å². The van der Waals surface area contributed by atoms with E-state index < -0.39 is 0 Å². The van der Waals surface area contributed by atoms with Gasteiger partial charge in [0.05, 0.1) is 16.9 Å². The van der Waals surface area contributed by atoms with Gasteiger partial charge in [0.2, 0.25) is 5.12 Å². The molecule has 0 aliphatic carbocycles. The second-order valence-electron chi connectivity index (χ2n) is 5.68. The van der Waals surface area contributed by atoms with Gasteiger partial charge < -0.3 is 9.64 Å². The zero-order chi connectivity index (χ0) is 14.0. The third-order valence-corrected chi connectivity index (χ3v) is 5.22. The van der Waals surface area contributed by atoms with Gasteiger partial charge >= 0.3 is 0 Å². The lowest BCUT2D eigenvalue weighted by Crippen LogP contribution is -2.47. The molecule has 4 heteroatoms. The summed E-state index contributed by atoms with van der Waals surface area (Å²) in [6.07, 6.45) is 6.84. The molecule has 0 amide bonds. The van der Waals surface area contributed by atoms with Crippen LogP contribution in [0.25, 0.3) is 0 Å². The molecule has 0 N–H and O–H groups in total. The van der Waals surface area contributed by atoms with Crippen molar-refractivity contribution in [2.24, 2.45) is 0 Å². The Kier molecular flexibility index (Phi) is 4.41. The minimum absolute atomic E-state index is 0.169. The number of likely N-dealkylation sites (tertiary alicyclic amines) is 1. The van der Waals surface area contributed by atoms with Gasteiger partial charge in [-0.3, -0.25) is 4.79 Å². The molecule has 0 aromatic heterocycles. The van der Waals surface area contributed by atoms with E-state index in [1.807, 2.05) is 12.2 Å². The lowest BCUT2D eigenvalue weighted by atomic mass is 9.95. The number of carbonyl (C=O) groups excluding carboxylic acids is 1. The number of nitrogens with zero attached hydrogens (tertiary/aromatic N) is 1. The predicted molar refractivity (Wildman–Crippen MR) is 80.1 cm³/mol. The molecule has 2 rings (SSSR count). The van der Waals surface area contributed by atoms with Crippen molar-refractivity contribution in [3.8, 4) is 0 Å². The van der Waals surface area contributed by atoms with Crippen molar-refractivity contribution in [1.82, 2.24) is 4.90 Å². The molecule has 2 heterocycles. The summed E-state index contributed by atoms with van der Waals surface area (Å²) in [6.45, 7) is 9.07. The largest absolute Gasteiger partial charge is 0.377 e. The van der Waals surface area contributed by atoms with Crippen molar-refractivity contribution in [2.45, 2.75) is 50.0 Å². The molecule has 0 unspecified atom stereocenters. The Balaban J connectivity index is 2.22. The van der Waals surface area contributed by atoms with Gasteiger partial charge in [-0.15, -0.1) is 6.58 Å². The molecule has 1 fully saturated rings. The van der Waals surface area contributed by atoms with Crippen LogP contribution in [-0.2, 0) is 9.53 Å². The summed E-state index contributed by atoms with van der Waals surface area (Å²) < 4.78 is 5.65. The van der Waals surface area contributed by atoms with Gasteiger partial charge in [-0.2, -0.15) is 0 Å². The highest BCUT2D eigenvalue weighted by Crippen LogP contribution is 2.39. The van der Waals surface area contributed by atoms with Crippen molar-refractivity contribution >= 4 is 16.9 Å². The SMILES string of the molecule is C=CC[C@@H]1SC(=O)C=C1N1CCC[C@H]1C(C)(C)OC. The number of allylic oxidation sites excluding steroid dienone is 1. The maximum atomic E-state index is 11.7. The summed E-state index contributed by atoms with van der Waals surface area (Å²) >= 11 is 1.42. The van der Waals surface area contributed by atoms with Gasteiger partial charge in [0.1, 0.15) is 0 Å². The lowest BCUT2D eigenvalue weighted by Gasteiger charge is -2.39. The molecule has 2 aliphatic rings. The summed E-state index contributed by atoms with van der Waals surface area (Å²) in [5, 5.41) is 0.404. The molecule has 2 aliphatic heterocycles. The van der Waals surface area contributed by atoms with E-state index in [-0.39, 0.29) is 16.0 Å². The minimum atomic E-state index is -0.188. The highest BCUT2D eigenvalue weighted by molar-refractivity contribution is 8.15. The van der Waals surface area contributed by atoms with Gasteiger partial charge in [-0.05, 0) is 33.1 Å². The average Bonchev–Trinajstić information content (AvgIpc) is 2.96. The standard InChI is InChI=1S/C15H23NO2S/c1-5-7-12-11(10-14(17)19-12)16-9-6-8-13(16)15(2,3)18-4/h5,10,12-13H,1,6-9H2,2-4H3/t12-,13-/m0/s1. The molecule has 0 saturated carbocycles. The fourth-order valence-electron chi connectivity index (χ4n) is 2.97. The number of rotatable bonds is 5. The van der Waals surface area contributed by atoms with E-state index in [9.17, 15) is 4.79 Å². The first kappa shape index (κ1) is 14.7. The summed E-state index contributed by atoms with van der Waals surface area (Å²) in [5.74, 6) is 0. The molecule has 106 valence electrons. The molecule has 0 spiro atoms. The van der Waals surface area contributed by atoms with Crippen LogP contribution < -0.4 is 0 Å². The van der Waals surface area contributed by atoms with Crippen molar-refractivity contribution in [3.05, 3.63) is 24.4 Å². The second-order valence-corrected chi connectivity index (χ2v) is 6.89. The highest BCUT2D eigenvalue weighted by Gasteiger charge is 2.41. The first-order valence-electron chi connectivity index (χ1n) is 6.84. The Morgan fingerprint density at radius 2 is 2.37 bits per heavy atom. The van der Waals surface area contributed by atoms with Gasteiger partial charge in [-0.25, -0.2) is 0 Å². The molecule has 1 saturated heterocycles. The number of thioether (sulfide) groups is 1. The van der Waals surface area contributed by atoms with Gasteiger partial charge in [-0.1, -0.05) is 17.8 Å². The summed E-state index contributed by atoms with van der Waals surface area (Å²) in [6, 6.07) is 0.350. The first-order chi connectivity index (χ1) is 8.99. The molecule has 0 radical (unpaired) electrons. The molecule has 2 atom stereocenters. The predicted octanol–water partition coefficient (Wildman–Crippen LogP) is 2.98. The van der Waals surface area contributed by atoms with Crippen LogP contribution in [0.2, 0.25) is 0 Å². The fourth-order valence-corrected chi connectivity index (χ4v) is 4.00. The summed E-state index contributed by atoms with van der Waals surface area (Å²) in [7, 11) is 1.76. The van der Waals surface area contributed by atoms with Gasteiger partial charge in [0, 0.05) is 25.4 Å².